The fourth-order valence-corrected chi connectivity index (χ4v) is 3.61. The molecular weight excluding hydrogens is 318 g/mol. The van der Waals surface area contributed by atoms with Crippen LogP contribution >= 0.6 is 0 Å². The summed E-state index contributed by atoms with van der Waals surface area (Å²) in [6.45, 7) is 3.83. The first-order chi connectivity index (χ1) is 12.1. The molecule has 1 unspecified atom stereocenters. The molecule has 0 aliphatic carbocycles. The zero-order chi connectivity index (χ0) is 17.8. The van der Waals surface area contributed by atoms with Crippen LogP contribution in [0.5, 0.6) is 0 Å². The molecule has 1 N–H and O–H groups in total. The van der Waals surface area contributed by atoms with E-state index in [1.807, 2.05) is 36.1 Å². The first kappa shape index (κ1) is 17.5. The molecule has 0 radical (unpaired) electrons. The molecular formula is C19H25N3O3. The van der Waals surface area contributed by atoms with Crippen LogP contribution in [-0.4, -0.2) is 48.3 Å². The molecule has 1 saturated heterocycles. The molecule has 25 heavy (non-hydrogen) atoms. The smallest absolute Gasteiger partial charge is 0.243 e. The number of hydrogen-bond donors (Lipinski definition) is 1. The minimum absolute atomic E-state index is 0.0345. The Morgan fingerprint density at radius 2 is 2.08 bits per heavy atom. The van der Waals surface area contributed by atoms with E-state index in [9.17, 15) is 14.4 Å². The summed E-state index contributed by atoms with van der Waals surface area (Å²) in [6, 6.07) is 7.22. The zero-order valence-electron chi connectivity index (χ0n) is 14.7. The van der Waals surface area contributed by atoms with Crippen molar-refractivity contribution < 1.29 is 14.4 Å². The number of amides is 3. The Morgan fingerprint density at radius 1 is 1.28 bits per heavy atom. The van der Waals surface area contributed by atoms with Gasteiger partial charge in [-0.05, 0) is 24.5 Å². The summed E-state index contributed by atoms with van der Waals surface area (Å²) in [5, 5.41) is 2.94. The number of fused-ring (bicyclic) bond motifs is 1. The van der Waals surface area contributed by atoms with Crippen molar-refractivity contribution in [2.24, 2.45) is 0 Å². The van der Waals surface area contributed by atoms with Gasteiger partial charge in [0.15, 0.2) is 0 Å². The molecule has 1 fully saturated rings. The van der Waals surface area contributed by atoms with E-state index in [4.69, 9.17) is 0 Å². The Balaban J connectivity index is 1.56. The van der Waals surface area contributed by atoms with Crippen molar-refractivity contribution in [1.29, 1.82) is 0 Å². The van der Waals surface area contributed by atoms with Crippen molar-refractivity contribution in [3.05, 3.63) is 29.8 Å². The number of benzene rings is 1. The van der Waals surface area contributed by atoms with E-state index < -0.39 is 6.04 Å². The molecule has 1 atom stereocenters. The average molecular weight is 343 g/mol. The van der Waals surface area contributed by atoms with Gasteiger partial charge in [0.05, 0.1) is 0 Å². The quantitative estimate of drug-likeness (QED) is 0.796. The first-order valence-electron chi connectivity index (χ1n) is 9.07. The highest BCUT2D eigenvalue weighted by Gasteiger charge is 2.37. The number of carbonyl (C=O) groups is 3. The monoisotopic (exact) mass is 343 g/mol. The Labute approximate surface area is 148 Å². The molecule has 3 amide bonds. The van der Waals surface area contributed by atoms with Crippen molar-refractivity contribution in [2.75, 3.05) is 24.5 Å². The van der Waals surface area contributed by atoms with Gasteiger partial charge in [0.1, 0.15) is 6.04 Å². The lowest BCUT2D eigenvalue weighted by Crippen LogP contribution is -2.48. The van der Waals surface area contributed by atoms with Crippen molar-refractivity contribution >= 4 is 23.4 Å². The van der Waals surface area contributed by atoms with Crippen LogP contribution in [0.15, 0.2) is 24.3 Å². The van der Waals surface area contributed by atoms with Crippen molar-refractivity contribution in [3.63, 3.8) is 0 Å². The SMILES string of the molecule is CCC(=O)N1c2ccccc2CC1C(=O)NCCCN1CCCC1=O. The normalized spacial score (nSPS) is 19.2. The zero-order valence-corrected chi connectivity index (χ0v) is 14.7. The molecule has 6 nitrogen and oxygen atoms in total. The van der Waals surface area contributed by atoms with Gasteiger partial charge in [-0.1, -0.05) is 25.1 Å². The molecule has 2 heterocycles. The second kappa shape index (κ2) is 7.68. The van der Waals surface area contributed by atoms with Crippen LogP contribution in [0.25, 0.3) is 0 Å². The highest BCUT2D eigenvalue weighted by molar-refractivity contribution is 6.03. The van der Waals surface area contributed by atoms with Gasteiger partial charge in [-0.3, -0.25) is 19.3 Å². The number of nitrogens with one attached hydrogen (secondary N) is 1. The van der Waals surface area contributed by atoms with Gasteiger partial charge < -0.3 is 10.2 Å². The van der Waals surface area contributed by atoms with Crippen LogP contribution in [0.2, 0.25) is 0 Å². The van der Waals surface area contributed by atoms with Crippen LogP contribution < -0.4 is 10.2 Å². The summed E-state index contributed by atoms with van der Waals surface area (Å²) < 4.78 is 0. The molecule has 0 aromatic heterocycles. The number of nitrogens with zero attached hydrogens (tertiary/aromatic N) is 2. The lowest BCUT2D eigenvalue weighted by molar-refractivity contribution is -0.127. The number of likely N-dealkylation sites (tertiary alicyclic amines) is 1. The van der Waals surface area contributed by atoms with E-state index in [0.717, 1.165) is 30.6 Å². The standard InChI is InChI=1S/C19H25N3O3/c1-2-17(23)22-15-8-4-3-7-14(15)13-16(22)19(25)20-10-6-12-21-11-5-9-18(21)24/h3-4,7-8,16H,2,5-6,9-13H2,1H3,(H,20,25). The third-order valence-electron chi connectivity index (χ3n) is 4.93. The fourth-order valence-electron chi connectivity index (χ4n) is 3.61. The second-order valence-electron chi connectivity index (χ2n) is 6.59. The molecule has 0 spiro atoms. The fraction of sp³-hybridized carbons (Fsp3) is 0.526. The highest BCUT2D eigenvalue weighted by Crippen LogP contribution is 2.32. The molecule has 0 saturated carbocycles. The summed E-state index contributed by atoms with van der Waals surface area (Å²) in [7, 11) is 0. The number of hydrogen-bond acceptors (Lipinski definition) is 3. The van der Waals surface area contributed by atoms with E-state index in [2.05, 4.69) is 5.32 Å². The van der Waals surface area contributed by atoms with E-state index in [0.29, 0.717) is 32.4 Å². The van der Waals surface area contributed by atoms with Gasteiger partial charge >= 0.3 is 0 Å². The predicted octanol–water partition coefficient (Wildman–Crippen LogP) is 1.48. The van der Waals surface area contributed by atoms with Gasteiger partial charge in [-0.2, -0.15) is 0 Å². The Kier molecular flexibility index (Phi) is 5.36. The maximum absolute atomic E-state index is 12.6. The van der Waals surface area contributed by atoms with Crippen LogP contribution in [0.1, 0.15) is 38.2 Å². The van der Waals surface area contributed by atoms with E-state index in [-0.39, 0.29) is 17.7 Å². The summed E-state index contributed by atoms with van der Waals surface area (Å²) >= 11 is 0. The Bertz CT molecular complexity index is 674. The second-order valence-corrected chi connectivity index (χ2v) is 6.59. The predicted molar refractivity (Wildman–Crippen MR) is 95.2 cm³/mol. The molecule has 2 aliphatic rings. The summed E-state index contributed by atoms with van der Waals surface area (Å²) in [5.41, 5.74) is 1.88. The maximum Gasteiger partial charge on any atom is 0.243 e. The topological polar surface area (TPSA) is 69.7 Å². The number of carbonyl (C=O) groups excluding carboxylic acids is 3. The largest absolute Gasteiger partial charge is 0.354 e. The highest BCUT2D eigenvalue weighted by atomic mass is 16.2. The molecule has 134 valence electrons. The van der Waals surface area contributed by atoms with Crippen LogP contribution in [0.3, 0.4) is 0 Å². The lowest BCUT2D eigenvalue weighted by atomic mass is 10.1. The maximum atomic E-state index is 12.6. The molecule has 1 aromatic rings. The molecule has 2 aliphatic heterocycles. The number of anilines is 1. The van der Waals surface area contributed by atoms with Crippen LogP contribution in [0.4, 0.5) is 5.69 Å². The van der Waals surface area contributed by atoms with Crippen molar-refractivity contribution in [2.45, 2.75) is 45.1 Å². The molecule has 6 heteroatoms. The van der Waals surface area contributed by atoms with Crippen LogP contribution in [-0.2, 0) is 20.8 Å². The van der Waals surface area contributed by atoms with Gasteiger partial charge in [0, 0.05) is 44.6 Å². The molecule has 3 rings (SSSR count). The average Bonchev–Trinajstić information content (AvgIpc) is 3.21. The molecule has 0 bridgehead atoms. The molecule has 1 aromatic carbocycles. The van der Waals surface area contributed by atoms with Gasteiger partial charge in [0.2, 0.25) is 17.7 Å². The van der Waals surface area contributed by atoms with E-state index >= 15 is 0 Å². The minimum atomic E-state index is -0.474. The third kappa shape index (κ3) is 3.67. The third-order valence-corrected chi connectivity index (χ3v) is 4.93. The van der Waals surface area contributed by atoms with Crippen molar-refractivity contribution in [3.8, 4) is 0 Å². The van der Waals surface area contributed by atoms with E-state index in [1.165, 1.54) is 0 Å². The minimum Gasteiger partial charge on any atom is -0.354 e. The Morgan fingerprint density at radius 3 is 2.80 bits per heavy atom. The lowest BCUT2D eigenvalue weighted by Gasteiger charge is -2.24. The summed E-state index contributed by atoms with van der Waals surface area (Å²) in [5.74, 6) is 0.0517. The van der Waals surface area contributed by atoms with Gasteiger partial charge in [-0.15, -0.1) is 0 Å². The van der Waals surface area contributed by atoms with Gasteiger partial charge in [-0.25, -0.2) is 0 Å². The van der Waals surface area contributed by atoms with Crippen LogP contribution in [0, 0.1) is 0 Å². The van der Waals surface area contributed by atoms with Gasteiger partial charge in [0.25, 0.3) is 0 Å². The summed E-state index contributed by atoms with van der Waals surface area (Å²) in [6.07, 6.45) is 3.23. The number of para-hydroxylation sites is 1. The Hall–Kier alpha value is -2.37. The van der Waals surface area contributed by atoms with Crippen molar-refractivity contribution in [1.82, 2.24) is 10.2 Å². The van der Waals surface area contributed by atoms with E-state index in [1.54, 1.807) is 4.90 Å². The summed E-state index contributed by atoms with van der Waals surface area (Å²) in [4.78, 5) is 40.0. The number of rotatable bonds is 6. The first-order valence-corrected chi connectivity index (χ1v) is 9.07.